The highest BCUT2D eigenvalue weighted by Gasteiger charge is 2.25. The van der Waals surface area contributed by atoms with Crippen molar-refractivity contribution in [2.75, 3.05) is 52.9 Å². The number of aliphatic hydroxyl groups is 1. The van der Waals surface area contributed by atoms with Gasteiger partial charge in [-0.05, 0) is 118 Å². The predicted molar refractivity (Wildman–Crippen MR) is 321 cm³/mol. The van der Waals surface area contributed by atoms with E-state index in [0.29, 0.717) is 42.9 Å². The molecule has 0 saturated carbocycles. The van der Waals surface area contributed by atoms with Crippen molar-refractivity contribution in [1.29, 1.82) is 0 Å². The number of fused-ring (bicyclic) bond motifs is 8. The molecule has 0 aromatic heterocycles. The van der Waals surface area contributed by atoms with Gasteiger partial charge in [-0.15, -0.1) is 0 Å². The molecule has 0 spiro atoms. The monoisotopic (exact) mass is 1100 g/mol. The Morgan fingerprint density at radius 1 is 0.362 bits per heavy atom. The number of ether oxygens (including phenoxy) is 7. The van der Waals surface area contributed by atoms with Gasteiger partial charge < -0.3 is 38.3 Å². The van der Waals surface area contributed by atoms with E-state index in [2.05, 4.69) is 96.0 Å². The van der Waals surface area contributed by atoms with Crippen LogP contribution in [0.1, 0.15) is 197 Å². The summed E-state index contributed by atoms with van der Waals surface area (Å²) in [6.45, 7) is 20.0. The number of esters is 3. The SMILES string of the molecule is C=CC(=O)OCCOc1c2cc(CCCCCC)cc1Cc1cc(CCCCCC)cc(c1OCCOC(=O)C=C)Cc1cc(CCCCCC)cc(c1OCCOC(=O)C=C)Cc1cc(CCCCCC)cc(c1OCCO)C2. The standard InChI is InChI=1S/C69H94O11/c1-8-15-19-23-27-51-39-55-47-57-41-52(28-24-20-16-9-2)43-59(67(57)78-36-33-74-63(71)12-5)49-61-45-54(30-26-22-18-11-4)46-62(69(61)80-38-35-76-65(73)14-7)50-60-44-53(29-25-21-17-10-3)42-58(48-56(40-51)66(55)77-32-31-70)68(60)79-37-34-75-64(72)13-6/h12-14,39-46,70H,5-11,15-38,47-50H2,1-4H3. The lowest BCUT2D eigenvalue weighted by molar-refractivity contribution is -0.139. The summed E-state index contributed by atoms with van der Waals surface area (Å²) in [5.41, 5.74) is 12.6. The Bertz CT molecular complexity index is 2450. The maximum atomic E-state index is 12.4. The number of aryl methyl sites for hydroxylation is 4. The Kier molecular flexibility index (Phi) is 29.7. The number of hydrogen-bond donors (Lipinski definition) is 1. The molecule has 0 radical (unpaired) electrons. The summed E-state index contributed by atoms with van der Waals surface area (Å²) in [6.07, 6.45) is 26.4. The number of benzene rings is 4. The van der Waals surface area contributed by atoms with E-state index in [4.69, 9.17) is 33.2 Å². The molecular formula is C69H94O11. The molecule has 436 valence electrons. The summed E-state index contributed by atoms with van der Waals surface area (Å²) >= 11 is 0. The first-order valence-corrected chi connectivity index (χ1v) is 30.2. The molecule has 1 aliphatic carbocycles. The van der Waals surface area contributed by atoms with Crippen LogP contribution < -0.4 is 18.9 Å². The molecule has 0 amide bonds. The lowest BCUT2D eigenvalue weighted by Crippen LogP contribution is -2.15. The van der Waals surface area contributed by atoms with Crippen molar-refractivity contribution >= 4 is 17.9 Å². The molecule has 1 N–H and O–H groups in total. The molecule has 5 rings (SSSR count). The second-order valence-corrected chi connectivity index (χ2v) is 21.2. The molecule has 11 nitrogen and oxygen atoms in total. The number of hydrogen-bond acceptors (Lipinski definition) is 11. The van der Waals surface area contributed by atoms with Crippen molar-refractivity contribution in [2.45, 2.75) is 182 Å². The van der Waals surface area contributed by atoms with Gasteiger partial charge in [-0.3, -0.25) is 0 Å². The van der Waals surface area contributed by atoms with E-state index < -0.39 is 17.9 Å². The largest absolute Gasteiger partial charge is 0.491 e. The summed E-state index contributed by atoms with van der Waals surface area (Å²) in [6, 6.07) is 18.3. The van der Waals surface area contributed by atoms with E-state index in [1.807, 2.05) is 0 Å². The summed E-state index contributed by atoms with van der Waals surface area (Å²) < 4.78 is 44.1. The maximum Gasteiger partial charge on any atom is 0.330 e. The fraction of sp³-hybridized carbons (Fsp3) is 0.522. The van der Waals surface area contributed by atoms with Gasteiger partial charge >= 0.3 is 17.9 Å². The molecule has 4 aromatic carbocycles. The van der Waals surface area contributed by atoms with Crippen LogP contribution in [-0.2, 0) is 80.0 Å². The number of carbonyl (C=O) groups is 3. The lowest BCUT2D eigenvalue weighted by atomic mass is 9.87. The van der Waals surface area contributed by atoms with Crippen LogP contribution in [0.15, 0.2) is 86.5 Å². The molecular weight excluding hydrogens is 1000 g/mol. The fourth-order valence-corrected chi connectivity index (χ4v) is 10.7. The van der Waals surface area contributed by atoms with E-state index in [1.165, 1.54) is 22.3 Å². The van der Waals surface area contributed by atoms with Crippen molar-refractivity contribution in [1.82, 2.24) is 0 Å². The van der Waals surface area contributed by atoms with Gasteiger partial charge in [-0.1, -0.05) is 173 Å². The molecule has 0 unspecified atom stereocenters. The fourth-order valence-electron chi connectivity index (χ4n) is 10.7. The van der Waals surface area contributed by atoms with E-state index in [-0.39, 0.29) is 52.9 Å². The van der Waals surface area contributed by atoms with E-state index in [9.17, 15) is 19.5 Å². The van der Waals surface area contributed by atoms with Crippen LogP contribution in [0.4, 0.5) is 0 Å². The number of carbonyl (C=O) groups excluding carboxylic acids is 3. The number of aliphatic hydroxyl groups excluding tert-OH is 1. The van der Waals surface area contributed by atoms with Gasteiger partial charge in [0.05, 0.1) is 6.61 Å². The molecule has 1 aliphatic rings. The summed E-state index contributed by atoms with van der Waals surface area (Å²) in [5, 5.41) is 10.4. The Labute approximate surface area is 479 Å². The van der Waals surface area contributed by atoms with Crippen molar-refractivity contribution in [3.8, 4) is 23.0 Å². The van der Waals surface area contributed by atoms with Gasteiger partial charge in [0.1, 0.15) is 69.2 Å². The van der Waals surface area contributed by atoms with Gasteiger partial charge in [0.25, 0.3) is 0 Å². The zero-order chi connectivity index (χ0) is 57.3. The zero-order valence-corrected chi connectivity index (χ0v) is 49.1. The Hall–Kier alpha value is -6.33. The molecule has 8 bridgehead atoms. The first-order chi connectivity index (χ1) is 39.1. The lowest BCUT2D eigenvalue weighted by Gasteiger charge is -2.25. The molecule has 11 heteroatoms. The first kappa shape index (κ1) is 64.5. The van der Waals surface area contributed by atoms with Crippen LogP contribution in [0.5, 0.6) is 23.0 Å². The van der Waals surface area contributed by atoms with Crippen molar-refractivity contribution in [2.24, 2.45) is 0 Å². The van der Waals surface area contributed by atoms with Gasteiger partial charge in [-0.25, -0.2) is 14.4 Å². The molecule has 0 fully saturated rings. The van der Waals surface area contributed by atoms with Crippen molar-refractivity contribution in [3.05, 3.63) is 153 Å². The van der Waals surface area contributed by atoms with Crippen molar-refractivity contribution in [3.63, 3.8) is 0 Å². The third-order valence-corrected chi connectivity index (χ3v) is 14.6. The molecule has 80 heavy (non-hydrogen) atoms. The van der Waals surface area contributed by atoms with Crippen LogP contribution in [-0.4, -0.2) is 75.9 Å². The topological polar surface area (TPSA) is 136 Å². The number of rotatable bonds is 38. The quantitative estimate of drug-likeness (QED) is 0.0175. The molecule has 0 heterocycles. The van der Waals surface area contributed by atoms with Crippen LogP contribution in [0.2, 0.25) is 0 Å². The summed E-state index contributed by atoms with van der Waals surface area (Å²) in [5.74, 6) is 1.27. The maximum absolute atomic E-state index is 12.4. The first-order valence-electron chi connectivity index (χ1n) is 30.2. The smallest absolute Gasteiger partial charge is 0.330 e. The minimum absolute atomic E-state index is 0.0197. The average Bonchev–Trinajstić information content (AvgIpc) is 3.45. The van der Waals surface area contributed by atoms with E-state index >= 15 is 0 Å². The van der Waals surface area contributed by atoms with Gasteiger partial charge in [0.2, 0.25) is 0 Å². The molecule has 0 atom stereocenters. The van der Waals surface area contributed by atoms with Crippen LogP contribution in [0.25, 0.3) is 0 Å². The minimum atomic E-state index is -0.524. The third-order valence-electron chi connectivity index (χ3n) is 14.6. The minimum Gasteiger partial charge on any atom is -0.491 e. The molecule has 4 aromatic rings. The average molecular weight is 1100 g/mol. The highest BCUT2D eigenvalue weighted by molar-refractivity contribution is 5.81. The van der Waals surface area contributed by atoms with Crippen LogP contribution in [0.3, 0.4) is 0 Å². The van der Waals surface area contributed by atoms with Gasteiger partial charge in [-0.2, -0.15) is 0 Å². The number of unbranched alkanes of at least 4 members (excludes halogenated alkanes) is 12. The normalized spacial score (nSPS) is 11.8. The van der Waals surface area contributed by atoms with E-state index in [0.717, 1.165) is 197 Å². The highest BCUT2D eigenvalue weighted by Crippen LogP contribution is 2.42. The zero-order valence-electron chi connectivity index (χ0n) is 49.1. The van der Waals surface area contributed by atoms with E-state index in [1.54, 1.807) is 0 Å². The summed E-state index contributed by atoms with van der Waals surface area (Å²) in [7, 11) is 0. The van der Waals surface area contributed by atoms with Crippen molar-refractivity contribution < 1.29 is 52.6 Å². The Morgan fingerprint density at radius 3 is 0.787 bits per heavy atom. The summed E-state index contributed by atoms with van der Waals surface area (Å²) in [4.78, 5) is 37.1. The molecule has 0 aliphatic heterocycles. The Balaban J connectivity index is 1.92. The highest BCUT2D eigenvalue weighted by atomic mass is 16.6. The predicted octanol–water partition coefficient (Wildman–Crippen LogP) is 14.5. The van der Waals surface area contributed by atoms with Gasteiger partial charge in [0, 0.05) is 43.9 Å². The second-order valence-electron chi connectivity index (χ2n) is 21.2. The second kappa shape index (κ2) is 36.8. The van der Waals surface area contributed by atoms with Gasteiger partial charge in [0.15, 0.2) is 0 Å². The molecule has 0 saturated heterocycles. The Morgan fingerprint density at radius 2 is 0.588 bits per heavy atom. The van der Waals surface area contributed by atoms with Crippen LogP contribution in [0, 0.1) is 0 Å². The third kappa shape index (κ3) is 21.6. The van der Waals surface area contributed by atoms with Crippen LogP contribution >= 0.6 is 0 Å².